The van der Waals surface area contributed by atoms with E-state index in [-0.39, 0.29) is 11.3 Å². The summed E-state index contributed by atoms with van der Waals surface area (Å²) in [5.74, 6) is 5.60. The molecule has 1 aliphatic rings. The number of thioether (sulfide) groups is 2. The van der Waals surface area contributed by atoms with Crippen LogP contribution in [0.15, 0.2) is 18.2 Å². The molecular weight excluding hydrogens is 286 g/mol. The maximum absolute atomic E-state index is 13.9. The summed E-state index contributed by atoms with van der Waals surface area (Å²) in [4.78, 5) is 0. The van der Waals surface area contributed by atoms with Crippen LogP contribution in [0.4, 0.5) is 8.78 Å². The van der Waals surface area contributed by atoms with Crippen molar-refractivity contribution in [3.63, 3.8) is 0 Å². The van der Waals surface area contributed by atoms with Gasteiger partial charge in [0.05, 0.1) is 6.04 Å². The smallest absolute Gasteiger partial charge is 0.128 e. The topological polar surface area (TPSA) is 38.0 Å². The Hall–Kier alpha value is -0.300. The summed E-state index contributed by atoms with van der Waals surface area (Å²) in [6.07, 6.45) is 0. The molecule has 1 aromatic carbocycles. The van der Waals surface area contributed by atoms with Gasteiger partial charge < -0.3 is 0 Å². The van der Waals surface area contributed by atoms with Crippen molar-refractivity contribution in [1.82, 2.24) is 5.43 Å². The fourth-order valence-corrected chi connectivity index (χ4v) is 5.22. The Labute approximate surface area is 120 Å². The van der Waals surface area contributed by atoms with Crippen molar-refractivity contribution in [2.24, 2.45) is 5.84 Å². The molecule has 1 heterocycles. The SMILES string of the molecule is CC1SCC(C(NN)c2cc(F)ccc2F)SC1C. The third kappa shape index (κ3) is 3.42. The highest BCUT2D eigenvalue weighted by molar-refractivity contribution is 8.07. The predicted molar refractivity (Wildman–Crippen MR) is 79.2 cm³/mol. The van der Waals surface area contributed by atoms with Gasteiger partial charge in [-0.3, -0.25) is 11.3 Å². The van der Waals surface area contributed by atoms with Crippen molar-refractivity contribution in [3.8, 4) is 0 Å². The first-order chi connectivity index (χ1) is 9.02. The fraction of sp³-hybridized carbons (Fsp3) is 0.538. The number of hydrogen-bond acceptors (Lipinski definition) is 4. The van der Waals surface area contributed by atoms with E-state index in [9.17, 15) is 8.78 Å². The van der Waals surface area contributed by atoms with Crippen molar-refractivity contribution in [2.75, 3.05) is 5.75 Å². The van der Waals surface area contributed by atoms with Crippen molar-refractivity contribution >= 4 is 23.5 Å². The third-order valence-corrected chi connectivity index (χ3v) is 6.91. The Morgan fingerprint density at radius 1 is 1.32 bits per heavy atom. The van der Waals surface area contributed by atoms with Crippen LogP contribution in [0, 0.1) is 11.6 Å². The molecule has 3 N–H and O–H groups in total. The van der Waals surface area contributed by atoms with Gasteiger partial charge in [0, 0.05) is 27.1 Å². The number of halogens is 2. The Kier molecular flexibility index (Phi) is 5.11. The Morgan fingerprint density at radius 3 is 2.68 bits per heavy atom. The number of benzene rings is 1. The molecule has 106 valence electrons. The summed E-state index contributed by atoms with van der Waals surface area (Å²) in [6, 6.07) is 3.14. The summed E-state index contributed by atoms with van der Waals surface area (Å²) >= 11 is 3.63. The lowest BCUT2D eigenvalue weighted by Crippen LogP contribution is -2.40. The van der Waals surface area contributed by atoms with E-state index in [1.54, 1.807) is 11.8 Å². The van der Waals surface area contributed by atoms with Crippen LogP contribution < -0.4 is 11.3 Å². The Balaban J connectivity index is 2.22. The van der Waals surface area contributed by atoms with E-state index in [4.69, 9.17) is 5.84 Å². The van der Waals surface area contributed by atoms with Crippen LogP contribution in [-0.4, -0.2) is 21.5 Å². The van der Waals surface area contributed by atoms with Gasteiger partial charge in [0.2, 0.25) is 0 Å². The molecule has 0 aromatic heterocycles. The standard InChI is InChI=1S/C13H18F2N2S2/c1-7-8(2)19-12(6-18-7)13(17-16)10-5-9(14)3-4-11(10)15/h3-5,7-8,12-13,17H,6,16H2,1-2H3. The van der Waals surface area contributed by atoms with E-state index in [1.165, 1.54) is 6.07 Å². The first-order valence-corrected chi connectivity index (χ1v) is 8.20. The molecule has 2 nitrogen and oxygen atoms in total. The maximum Gasteiger partial charge on any atom is 0.128 e. The Bertz CT molecular complexity index is 445. The largest absolute Gasteiger partial charge is 0.271 e. The van der Waals surface area contributed by atoms with E-state index in [2.05, 4.69) is 19.3 Å². The van der Waals surface area contributed by atoms with E-state index in [0.717, 1.165) is 17.9 Å². The number of hydrazine groups is 1. The fourth-order valence-electron chi connectivity index (χ4n) is 2.13. The lowest BCUT2D eigenvalue weighted by atomic mass is 10.0. The molecule has 6 heteroatoms. The number of nitrogens with one attached hydrogen (secondary N) is 1. The molecule has 1 fully saturated rings. The van der Waals surface area contributed by atoms with Crippen LogP contribution >= 0.6 is 23.5 Å². The van der Waals surface area contributed by atoms with Crippen LogP contribution in [0.25, 0.3) is 0 Å². The molecule has 19 heavy (non-hydrogen) atoms. The highest BCUT2D eigenvalue weighted by atomic mass is 32.2. The lowest BCUT2D eigenvalue weighted by Gasteiger charge is -2.35. The van der Waals surface area contributed by atoms with Crippen molar-refractivity contribution in [2.45, 2.75) is 35.6 Å². The first-order valence-electron chi connectivity index (χ1n) is 6.21. The second-order valence-electron chi connectivity index (χ2n) is 4.73. The summed E-state index contributed by atoms with van der Waals surface area (Å²) in [5, 5.41) is 1.17. The normalized spacial score (nSPS) is 29.2. The van der Waals surface area contributed by atoms with E-state index < -0.39 is 11.6 Å². The molecule has 1 aromatic rings. The highest BCUT2D eigenvalue weighted by Crippen LogP contribution is 2.41. The molecule has 0 amide bonds. The summed E-state index contributed by atoms with van der Waals surface area (Å²) in [7, 11) is 0. The zero-order chi connectivity index (χ0) is 14.0. The molecule has 1 saturated heterocycles. The van der Waals surface area contributed by atoms with Gasteiger partial charge in [0.15, 0.2) is 0 Å². The molecule has 0 aliphatic carbocycles. The van der Waals surface area contributed by atoms with Crippen molar-refractivity contribution < 1.29 is 8.78 Å². The van der Waals surface area contributed by atoms with Crippen LogP contribution in [0.2, 0.25) is 0 Å². The third-order valence-electron chi connectivity index (χ3n) is 3.42. The molecule has 0 radical (unpaired) electrons. The van der Waals surface area contributed by atoms with Gasteiger partial charge in [-0.2, -0.15) is 23.5 Å². The van der Waals surface area contributed by atoms with Crippen molar-refractivity contribution in [3.05, 3.63) is 35.4 Å². The summed E-state index contributed by atoms with van der Waals surface area (Å²) in [5.41, 5.74) is 2.96. The predicted octanol–water partition coefficient (Wildman–Crippen LogP) is 3.09. The second-order valence-corrected chi connectivity index (χ2v) is 7.76. The molecule has 4 atom stereocenters. The number of hydrogen-bond donors (Lipinski definition) is 2. The highest BCUT2D eigenvalue weighted by Gasteiger charge is 2.33. The molecule has 4 unspecified atom stereocenters. The monoisotopic (exact) mass is 304 g/mol. The lowest BCUT2D eigenvalue weighted by molar-refractivity contribution is 0.502. The molecule has 0 saturated carbocycles. The zero-order valence-corrected chi connectivity index (χ0v) is 12.5. The quantitative estimate of drug-likeness (QED) is 0.665. The van der Waals surface area contributed by atoms with Gasteiger partial charge >= 0.3 is 0 Å². The minimum atomic E-state index is -0.438. The van der Waals surface area contributed by atoms with E-state index in [0.29, 0.717) is 16.1 Å². The van der Waals surface area contributed by atoms with Crippen LogP contribution in [0.3, 0.4) is 0 Å². The van der Waals surface area contributed by atoms with Crippen LogP contribution in [0.5, 0.6) is 0 Å². The van der Waals surface area contributed by atoms with E-state index >= 15 is 0 Å². The van der Waals surface area contributed by atoms with Crippen molar-refractivity contribution in [1.29, 1.82) is 0 Å². The van der Waals surface area contributed by atoms with Gasteiger partial charge in [0.25, 0.3) is 0 Å². The average molecular weight is 304 g/mol. The molecular formula is C13H18F2N2S2. The molecule has 0 bridgehead atoms. The number of nitrogens with two attached hydrogens (primary N) is 1. The van der Waals surface area contributed by atoms with Gasteiger partial charge in [0.1, 0.15) is 11.6 Å². The van der Waals surface area contributed by atoms with Gasteiger partial charge in [-0.05, 0) is 18.2 Å². The second kappa shape index (κ2) is 6.43. The minimum Gasteiger partial charge on any atom is -0.271 e. The summed E-state index contributed by atoms with van der Waals surface area (Å²) in [6.45, 7) is 4.34. The molecule has 2 rings (SSSR count). The molecule has 1 aliphatic heterocycles. The van der Waals surface area contributed by atoms with Gasteiger partial charge in [-0.15, -0.1) is 0 Å². The summed E-state index contributed by atoms with van der Waals surface area (Å²) < 4.78 is 27.2. The van der Waals surface area contributed by atoms with Crippen LogP contribution in [0.1, 0.15) is 25.5 Å². The number of rotatable bonds is 3. The Morgan fingerprint density at radius 2 is 2.05 bits per heavy atom. The van der Waals surface area contributed by atoms with Gasteiger partial charge in [-0.25, -0.2) is 8.78 Å². The van der Waals surface area contributed by atoms with E-state index in [1.807, 2.05) is 11.8 Å². The van der Waals surface area contributed by atoms with Gasteiger partial charge in [-0.1, -0.05) is 13.8 Å². The molecule has 0 spiro atoms. The average Bonchev–Trinajstić information content (AvgIpc) is 2.38. The first kappa shape index (κ1) is 15.1. The zero-order valence-electron chi connectivity index (χ0n) is 10.9. The maximum atomic E-state index is 13.9. The van der Waals surface area contributed by atoms with Crippen LogP contribution in [-0.2, 0) is 0 Å². The minimum absolute atomic E-state index is 0.137.